The number of para-hydroxylation sites is 2. The summed E-state index contributed by atoms with van der Waals surface area (Å²) in [4.78, 5) is 2.44. The molecule has 2 heteroatoms. The standard InChI is InChI=1S/C27H40N2/c1-6-7-8-9-12-19-29(25-14-11-10-13-24(25)28)21-15-16-22-23(20-21)27(4,5)18-17-26(22,2)3/h10-11,13-16,20H,6-9,12,17-19,28H2,1-5H3. The largest absolute Gasteiger partial charge is 0.397 e. The van der Waals surface area contributed by atoms with Crippen LogP contribution in [0.25, 0.3) is 0 Å². The van der Waals surface area contributed by atoms with Crippen LogP contribution in [0.2, 0.25) is 0 Å². The highest BCUT2D eigenvalue weighted by Gasteiger charge is 2.37. The molecule has 2 nitrogen and oxygen atoms in total. The normalized spacial score (nSPS) is 17.0. The zero-order chi connectivity index (χ0) is 21.1. The number of nitrogen functional groups attached to an aromatic ring is 1. The summed E-state index contributed by atoms with van der Waals surface area (Å²) in [5.41, 5.74) is 13.2. The summed E-state index contributed by atoms with van der Waals surface area (Å²) in [6.45, 7) is 12.9. The average Bonchev–Trinajstić information content (AvgIpc) is 2.69. The minimum absolute atomic E-state index is 0.218. The van der Waals surface area contributed by atoms with Gasteiger partial charge in [-0.2, -0.15) is 0 Å². The van der Waals surface area contributed by atoms with E-state index in [9.17, 15) is 0 Å². The van der Waals surface area contributed by atoms with Crippen molar-refractivity contribution in [1.29, 1.82) is 0 Å². The number of nitrogens with zero attached hydrogens (tertiary/aromatic N) is 1. The van der Waals surface area contributed by atoms with Crippen molar-refractivity contribution in [1.82, 2.24) is 0 Å². The Morgan fingerprint density at radius 2 is 1.48 bits per heavy atom. The molecule has 1 aliphatic carbocycles. The molecular formula is C27H40N2. The summed E-state index contributed by atoms with van der Waals surface area (Å²) in [5.74, 6) is 0. The van der Waals surface area contributed by atoms with Gasteiger partial charge in [0.25, 0.3) is 0 Å². The third-order valence-electron chi connectivity index (χ3n) is 6.86. The lowest BCUT2D eigenvalue weighted by molar-refractivity contribution is 0.332. The molecule has 0 unspecified atom stereocenters. The van der Waals surface area contributed by atoms with Crippen LogP contribution in [0.1, 0.15) is 90.7 Å². The smallest absolute Gasteiger partial charge is 0.0644 e. The van der Waals surface area contributed by atoms with Gasteiger partial charge >= 0.3 is 0 Å². The molecule has 0 amide bonds. The first-order valence-corrected chi connectivity index (χ1v) is 11.5. The van der Waals surface area contributed by atoms with E-state index in [0.29, 0.717) is 0 Å². The lowest BCUT2D eigenvalue weighted by atomic mass is 9.63. The van der Waals surface area contributed by atoms with Crippen molar-refractivity contribution in [2.24, 2.45) is 0 Å². The van der Waals surface area contributed by atoms with Crippen LogP contribution in [0.3, 0.4) is 0 Å². The van der Waals surface area contributed by atoms with E-state index in [0.717, 1.165) is 17.9 Å². The number of anilines is 3. The molecule has 0 saturated heterocycles. The fourth-order valence-corrected chi connectivity index (χ4v) is 4.74. The van der Waals surface area contributed by atoms with Gasteiger partial charge in [-0.05, 0) is 65.5 Å². The topological polar surface area (TPSA) is 29.3 Å². The van der Waals surface area contributed by atoms with Gasteiger partial charge in [-0.15, -0.1) is 0 Å². The highest BCUT2D eigenvalue weighted by molar-refractivity contribution is 5.75. The van der Waals surface area contributed by atoms with Gasteiger partial charge in [-0.1, -0.05) is 78.5 Å². The monoisotopic (exact) mass is 392 g/mol. The molecular weight excluding hydrogens is 352 g/mol. The Labute approximate surface area is 178 Å². The predicted octanol–water partition coefficient (Wildman–Crippen LogP) is 7.73. The Bertz CT molecular complexity index is 819. The van der Waals surface area contributed by atoms with Crippen molar-refractivity contribution >= 4 is 17.1 Å². The van der Waals surface area contributed by atoms with Gasteiger partial charge in [0.15, 0.2) is 0 Å². The van der Waals surface area contributed by atoms with Crippen LogP contribution >= 0.6 is 0 Å². The fraction of sp³-hybridized carbons (Fsp3) is 0.556. The van der Waals surface area contributed by atoms with Crippen molar-refractivity contribution in [3.8, 4) is 0 Å². The van der Waals surface area contributed by atoms with Gasteiger partial charge in [-0.25, -0.2) is 0 Å². The third kappa shape index (κ3) is 4.79. The Hall–Kier alpha value is -1.96. The summed E-state index contributed by atoms with van der Waals surface area (Å²) in [6, 6.07) is 15.5. The number of unbranched alkanes of at least 4 members (excludes halogenated alkanes) is 4. The van der Waals surface area contributed by atoms with Crippen molar-refractivity contribution < 1.29 is 0 Å². The van der Waals surface area contributed by atoms with Crippen molar-refractivity contribution in [2.45, 2.75) is 90.4 Å². The van der Waals surface area contributed by atoms with Gasteiger partial charge < -0.3 is 10.6 Å². The highest BCUT2D eigenvalue weighted by Crippen LogP contribution is 2.47. The summed E-state index contributed by atoms with van der Waals surface area (Å²) in [5, 5.41) is 0. The summed E-state index contributed by atoms with van der Waals surface area (Å²) in [7, 11) is 0. The molecule has 2 aromatic rings. The molecule has 0 bridgehead atoms. The molecule has 0 saturated carbocycles. The second-order valence-corrected chi connectivity index (χ2v) is 10.1. The molecule has 0 atom stereocenters. The lowest BCUT2D eigenvalue weighted by Crippen LogP contribution is -2.34. The number of benzene rings is 2. The predicted molar refractivity (Wildman–Crippen MR) is 128 cm³/mol. The van der Waals surface area contributed by atoms with Crippen LogP contribution in [0.15, 0.2) is 42.5 Å². The minimum atomic E-state index is 0.218. The zero-order valence-corrected chi connectivity index (χ0v) is 19.2. The summed E-state index contributed by atoms with van der Waals surface area (Å²) in [6.07, 6.45) is 8.89. The van der Waals surface area contributed by atoms with Gasteiger partial charge in [0.05, 0.1) is 11.4 Å². The maximum Gasteiger partial charge on any atom is 0.0644 e. The maximum absolute atomic E-state index is 6.40. The van der Waals surface area contributed by atoms with E-state index in [4.69, 9.17) is 5.73 Å². The Balaban J connectivity index is 1.96. The number of nitrogens with two attached hydrogens (primary N) is 1. The van der Waals surface area contributed by atoms with Crippen LogP contribution in [0.4, 0.5) is 17.1 Å². The molecule has 0 aliphatic heterocycles. The first-order valence-electron chi connectivity index (χ1n) is 11.5. The van der Waals surface area contributed by atoms with Crippen LogP contribution in [0, 0.1) is 0 Å². The van der Waals surface area contributed by atoms with Gasteiger partial charge in [0.1, 0.15) is 0 Å². The molecule has 0 heterocycles. The summed E-state index contributed by atoms with van der Waals surface area (Å²) >= 11 is 0. The first kappa shape index (κ1) is 21.7. The Morgan fingerprint density at radius 3 is 2.17 bits per heavy atom. The number of fused-ring (bicyclic) bond motifs is 1. The molecule has 0 fully saturated rings. The average molecular weight is 393 g/mol. The van der Waals surface area contributed by atoms with E-state index in [1.54, 1.807) is 0 Å². The highest BCUT2D eigenvalue weighted by atomic mass is 15.1. The van der Waals surface area contributed by atoms with Crippen molar-refractivity contribution in [3.05, 3.63) is 53.6 Å². The quantitative estimate of drug-likeness (QED) is 0.368. The molecule has 3 rings (SSSR count). The van der Waals surface area contributed by atoms with Crippen LogP contribution in [-0.4, -0.2) is 6.54 Å². The van der Waals surface area contributed by atoms with Crippen molar-refractivity contribution in [3.63, 3.8) is 0 Å². The van der Waals surface area contributed by atoms with Gasteiger partial charge in [0.2, 0.25) is 0 Å². The molecule has 1 aliphatic rings. The Kier molecular flexibility index (Phi) is 6.61. The summed E-state index contributed by atoms with van der Waals surface area (Å²) < 4.78 is 0. The SMILES string of the molecule is CCCCCCCN(c1ccc2c(c1)C(C)(C)CCC2(C)C)c1ccccc1N. The number of hydrogen-bond acceptors (Lipinski definition) is 2. The number of hydrogen-bond donors (Lipinski definition) is 1. The molecule has 2 N–H and O–H groups in total. The maximum atomic E-state index is 6.40. The Morgan fingerprint density at radius 1 is 0.828 bits per heavy atom. The number of rotatable bonds is 8. The van der Waals surface area contributed by atoms with Gasteiger partial charge in [0, 0.05) is 12.2 Å². The van der Waals surface area contributed by atoms with Crippen LogP contribution in [-0.2, 0) is 10.8 Å². The lowest BCUT2D eigenvalue weighted by Gasteiger charge is -2.42. The van der Waals surface area contributed by atoms with E-state index >= 15 is 0 Å². The molecule has 0 aromatic heterocycles. The van der Waals surface area contributed by atoms with Gasteiger partial charge in [-0.3, -0.25) is 0 Å². The second kappa shape index (κ2) is 8.81. The van der Waals surface area contributed by atoms with E-state index in [1.807, 2.05) is 12.1 Å². The van der Waals surface area contributed by atoms with E-state index in [-0.39, 0.29) is 10.8 Å². The van der Waals surface area contributed by atoms with Crippen LogP contribution < -0.4 is 10.6 Å². The minimum Gasteiger partial charge on any atom is -0.397 e. The second-order valence-electron chi connectivity index (χ2n) is 10.1. The fourth-order valence-electron chi connectivity index (χ4n) is 4.74. The van der Waals surface area contributed by atoms with Crippen molar-refractivity contribution in [2.75, 3.05) is 17.2 Å². The van der Waals surface area contributed by atoms with E-state index in [1.165, 1.54) is 61.8 Å². The molecule has 158 valence electrons. The third-order valence-corrected chi connectivity index (χ3v) is 6.86. The van der Waals surface area contributed by atoms with E-state index < -0.39 is 0 Å². The molecule has 29 heavy (non-hydrogen) atoms. The zero-order valence-electron chi connectivity index (χ0n) is 19.2. The molecule has 2 aromatic carbocycles. The molecule has 0 spiro atoms. The molecule has 0 radical (unpaired) electrons. The van der Waals surface area contributed by atoms with Crippen LogP contribution in [0.5, 0.6) is 0 Å². The first-order chi connectivity index (χ1) is 13.8. The van der Waals surface area contributed by atoms with E-state index in [2.05, 4.69) is 69.9 Å².